The molecule has 0 aromatic heterocycles. The Morgan fingerprint density at radius 1 is 1.38 bits per heavy atom. The van der Waals surface area contributed by atoms with Gasteiger partial charge in [-0.1, -0.05) is 23.4 Å². The van der Waals surface area contributed by atoms with Gasteiger partial charge in [0.1, 0.15) is 5.78 Å². The van der Waals surface area contributed by atoms with Gasteiger partial charge in [-0.3, -0.25) is 4.79 Å². The predicted octanol–water partition coefficient (Wildman–Crippen LogP) is 2.67. The molecule has 0 radical (unpaired) electrons. The summed E-state index contributed by atoms with van der Waals surface area (Å²) in [4.78, 5) is 10.6. The average molecular weight is 193 g/mol. The van der Waals surface area contributed by atoms with Crippen LogP contribution in [0, 0.1) is 11.8 Å². The van der Waals surface area contributed by atoms with Crippen molar-refractivity contribution in [3.05, 3.63) is 34.9 Å². The van der Waals surface area contributed by atoms with Crippen molar-refractivity contribution in [1.29, 1.82) is 0 Å². The van der Waals surface area contributed by atoms with E-state index in [0.717, 1.165) is 5.56 Å². The van der Waals surface area contributed by atoms with E-state index in [-0.39, 0.29) is 5.78 Å². The summed E-state index contributed by atoms with van der Waals surface area (Å²) < 4.78 is 0. The SMILES string of the molecule is CC(=O)CC#Cc1ccc(Cl)cc1. The summed E-state index contributed by atoms with van der Waals surface area (Å²) in [6, 6.07) is 7.21. The first-order valence-electron chi connectivity index (χ1n) is 3.92. The van der Waals surface area contributed by atoms with Crippen LogP contribution < -0.4 is 0 Å². The fourth-order valence-electron chi connectivity index (χ4n) is 0.804. The van der Waals surface area contributed by atoms with Crippen molar-refractivity contribution in [2.24, 2.45) is 0 Å². The highest BCUT2D eigenvalue weighted by atomic mass is 35.5. The summed E-state index contributed by atoms with van der Waals surface area (Å²) in [5.41, 5.74) is 0.880. The molecule has 0 saturated carbocycles. The smallest absolute Gasteiger partial charge is 0.141 e. The minimum Gasteiger partial charge on any atom is -0.299 e. The zero-order valence-electron chi connectivity index (χ0n) is 7.30. The molecule has 0 spiro atoms. The summed E-state index contributed by atoms with van der Waals surface area (Å²) in [7, 11) is 0. The Hall–Kier alpha value is -1.26. The monoisotopic (exact) mass is 192 g/mol. The molecule has 1 nitrogen and oxygen atoms in total. The Morgan fingerprint density at radius 3 is 2.54 bits per heavy atom. The number of carbonyl (C=O) groups is 1. The Bertz CT molecular complexity index is 354. The minimum absolute atomic E-state index is 0.0847. The van der Waals surface area contributed by atoms with E-state index in [1.165, 1.54) is 6.92 Å². The van der Waals surface area contributed by atoms with Gasteiger partial charge < -0.3 is 0 Å². The van der Waals surface area contributed by atoms with Gasteiger partial charge in [-0.15, -0.1) is 0 Å². The van der Waals surface area contributed by atoms with Gasteiger partial charge in [0.05, 0.1) is 6.42 Å². The number of halogens is 1. The quantitative estimate of drug-likeness (QED) is 0.626. The molecule has 0 N–H and O–H groups in total. The third-order valence-electron chi connectivity index (χ3n) is 1.41. The standard InChI is InChI=1S/C11H9ClO/c1-9(13)3-2-4-10-5-7-11(12)8-6-10/h5-8H,3H2,1H3. The topological polar surface area (TPSA) is 17.1 Å². The summed E-state index contributed by atoms with van der Waals surface area (Å²) in [6.45, 7) is 1.52. The number of benzene rings is 1. The number of carbonyl (C=O) groups excluding carboxylic acids is 1. The fraction of sp³-hybridized carbons (Fsp3) is 0.182. The van der Waals surface area contributed by atoms with Crippen LogP contribution in [0.1, 0.15) is 18.9 Å². The third-order valence-corrected chi connectivity index (χ3v) is 1.67. The van der Waals surface area contributed by atoms with Crippen LogP contribution in [0.25, 0.3) is 0 Å². The molecular weight excluding hydrogens is 184 g/mol. The maximum absolute atomic E-state index is 10.6. The molecule has 0 aliphatic heterocycles. The van der Waals surface area contributed by atoms with E-state index < -0.39 is 0 Å². The van der Waals surface area contributed by atoms with Crippen LogP contribution in [0.3, 0.4) is 0 Å². The highest BCUT2D eigenvalue weighted by molar-refractivity contribution is 6.30. The highest BCUT2D eigenvalue weighted by Gasteiger charge is 1.88. The zero-order valence-corrected chi connectivity index (χ0v) is 8.06. The lowest BCUT2D eigenvalue weighted by Gasteiger charge is -1.89. The molecule has 66 valence electrons. The van der Waals surface area contributed by atoms with Crippen molar-refractivity contribution in [2.75, 3.05) is 0 Å². The molecule has 2 heteroatoms. The molecule has 0 bridgehead atoms. The number of hydrogen-bond donors (Lipinski definition) is 0. The Morgan fingerprint density at radius 2 is 2.00 bits per heavy atom. The van der Waals surface area contributed by atoms with Crippen molar-refractivity contribution < 1.29 is 4.79 Å². The van der Waals surface area contributed by atoms with Gasteiger partial charge in [-0.2, -0.15) is 0 Å². The molecule has 0 aliphatic rings. The van der Waals surface area contributed by atoms with E-state index in [0.29, 0.717) is 11.4 Å². The van der Waals surface area contributed by atoms with Gasteiger partial charge in [0, 0.05) is 10.6 Å². The Balaban J connectivity index is 2.67. The van der Waals surface area contributed by atoms with Crippen LogP contribution in [-0.4, -0.2) is 5.78 Å². The van der Waals surface area contributed by atoms with Gasteiger partial charge >= 0.3 is 0 Å². The molecular formula is C11H9ClO. The molecule has 0 saturated heterocycles. The maximum atomic E-state index is 10.6. The van der Waals surface area contributed by atoms with Gasteiger partial charge in [-0.25, -0.2) is 0 Å². The van der Waals surface area contributed by atoms with Crippen LogP contribution in [0.2, 0.25) is 5.02 Å². The first-order chi connectivity index (χ1) is 6.18. The van der Waals surface area contributed by atoms with Crippen LogP contribution in [0.15, 0.2) is 24.3 Å². The summed E-state index contributed by atoms with van der Waals surface area (Å²) in [5.74, 6) is 5.74. The normalized spacial score (nSPS) is 8.77. The highest BCUT2D eigenvalue weighted by Crippen LogP contribution is 2.08. The van der Waals surface area contributed by atoms with Crippen LogP contribution in [0.4, 0.5) is 0 Å². The fourth-order valence-corrected chi connectivity index (χ4v) is 0.930. The van der Waals surface area contributed by atoms with Gasteiger partial charge in [0.15, 0.2) is 0 Å². The van der Waals surface area contributed by atoms with Crippen molar-refractivity contribution in [1.82, 2.24) is 0 Å². The first kappa shape index (κ1) is 9.83. The second-order valence-corrected chi connectivity index (χ2v) is 3.12. The molecule has 0 fully saturated rings. The lowest BCUT2D eigenvalue weighted by Crippen LogP contribution is -1.84. The second kappa shape index (κ2) is 4.69. The molecule has 1 rings (SSSR count). The predicted molar refractivity (Wildman–Crippen MR) is 53.6 cm³/mol. The molecule has 1 aromatic rings. The van der Waals surface area contributed by atoms with E-state index in [2.05, 4.69) is 11.8 Å². The number of rotatable bonds is 1. The number of Topliss-reactive ketones (excluding diaryl/α,β-unsaturated/α-hetero) is 1. The van der Waals surface area contributed by atoms with Crippen LogP contribution in [-0.2, 0) is 4.79 Å². The zero-order chi connectivity index (χ0) is 9.68. The van der Waals surface area contributed by atoms with E-state index >= 15 is 0 Å². The Labute approximate surface area is 82.7 Å². The number of hydrogen-bond acceptors (Lipinski definition) is 1. The van der Waals surface area contributed by atoms with E-state index in [1.807, 2.05) is 12.1 Å². The first-order valence-corrected chi connectivity index (χ1v) is 4.30. The van der Waals surface area contributed by atoms with Crippen molar-refractivity contribution in [3.8, 4) is 11.8 Å². The van der Waals surface area contributed by atoms with Crippen molar-refractivity contribution >= 4 is 17.4 Å². The van der Waals surface area contributed by atoms with Gasteiger partial charge in [0.25, 0.3) is 0 Å². The molecule has 0 heterocycles. The molecule has 0 amide bonds. The lowest BCUT2D eigenvalue weighted by atomic mass is 10.2. The summed E-state index contributed by atoms with van der Waals surface area (Å²) in [5, 5.41) is 0.692. The summed E-state index contributed by atoms with van der Waals surface area (Å²) >= 11 is 5.69. The lowest BCUT2D eigenvalue weighted by molar-refractivity contribution is -0.116. The van der Waals surface area contributed by atoms with Crippen molar-refractivity contribution in [2.45, 2.75) is 13.3 Å². The molecule has 13 heavy (non-hydrogen) atoms. The molecule has 0 aliphatic carbocycles. The maximum Gasteiger partial charge on any atom is 0.141 e. The van der Waals surface area contributed by atoms with Crippen molar-refractivity contribution in [3.63, 3.8) is 0 Å². The van der Waals surface area contributed by atoms with E-state index in [9.17, 15) is 4.79 Å². The Kier molecular flexibility index (Phi) is 3.54. The minimum atomic E-state index is 0.0847. The van der Waals surface area contributed by atoms with E-state index in [1.54, 1.807) is 12.1 Å². The van der Waals surface area contributed by atoms with Crippen LogP contribution >= 0.6 is 11.6 Å². The molecule has 1 aromatic carbocycles. The number of ketones is 1. The largest absolute Gasteiger partial charge is 0.299 e. The second-order valence-electron chi connectivity index (χ2n) is 2.69. The molecule has 0 atom stereocenters. The van der Waals surface area contributed by atoms with E-state index in [4.69, 9.17) is 11.6 Å². The molecule has 0 unspecified atom stereocenters. The third kappa shape index (κ3) is 3.78. The van der Waals surface area contributed by atoms with Gasteiger partial charge in [0.2, 0.25) is 0 Å². The van der Waals surface area contributed by atoms with Gasteiger partial charge in [-0.05, 0) is 31.2 Å². The summed E-state index contributed by atoms with van der Waals surface area (Å²) in [6.07, 6.45) is 0.308. The average Bonchev–Trinajstić information content (AvgIpc) is 2.08. The van der Waals surface area contributed by atoms with Crippen LogP contribution in [0.5, 0.6) is 0 Å².